The quantitative estimate of drug-likeness (QED) is 0.625. The van der Waals surface area contributed by atoms with Crippen LogP contribution in [0, 0.1) is 5.82 Å². The Hall–Kier alpha value is -1.87. The molecule has 1 aliphatic rings. The molecule has 5 nitrogen and oxygen atoms in total. The topological polar surface area (TPSA) is 45.7 Å². The normalized spacial score (nSPS) is 15.3. The van der Waals surface area contributed by atoms with Crippen LogP contribution in [0.3, 0.4) is 0 Å². The van der Waals surface area contributed by atoms with Gasteiger partial charge in [0.25, 0.3) is 5.91 Å². The number of amides is 1. The first-order valence-electron chi connectivity index (χ1n) is 8.92. The van der Waals surface area contributed by atoms with Gasteiger partial charge in [-0.05, 0) is 36.1 Å². The molecule has 0 unspecified atom stereocenters. The summed E-state index contributed by atoms with van der Waals surface area (Å²) in [5, 5.41) is 2.52. The summed E-state index contributed by atoms with van der Waals surface area (Å²) in [5.41, 5.74) is 0.716. The number of anilines is 1. The summed E-state index contributed by atoms with van der Waals surface area (Å²) >= 11 is 2.78. The van der Waals surface area contributed by atoms with Crippen LogP contribution in [0.25, 0.3) is 10.2 Å². The molecular formula is C19H20FN3O2S2. The second kappa shape index (κ2) is 8.43. The van der Waals surface area contributed by atoms with Crippen molar-refractivity contribution in [2.24, 2.45) is 0 Å². The maximum atomic E-state index is 13.5. The van der Waals surface area contributed by atoms with Crippen LogP contribution in [-0.4, -0.2) is 55.2 Å². The van der Waals surface area contributed by atoms with Crippen LogP contribution in [0.4, 0.5) is 9.52 Å². The number of carbonyl (C=O) groups is 1. The Morgan fingerprint density at radius 3 is 2.93 bits per heavy atom. The molecule has 27 heavy (non-hydrogen) atoms. The van der Waals surface area contributed by atoms with Gasteiger partial charge in [0, 0.05) is 26.2 Å². The first-order valence-corrected chi connectivity index (χ1v) is 10.6. The maximum Gasteiger partial charge on any atom is 0.270 e. The lowest BCUT2D eigenvalue weighted by molar-refractivity contribution is 0.0376. The van der Waals surface area contributed by atoms with Crippen molar-refractivity contribution in [1.82, 2.24) is 9.88 Å². The van der Waals surface area contributed by atoms with Crippen LogP contribution in [-0.2, 0) is 4.74 Å². The number of rotatable bonds is 6. The smallest absolute Gasteiger partial charge is 0.270 e. The zero-order chi connectivity index (χ0) is 18.6. The van der Waals surface area contributed by atoms with Crippen molar-refractivity contribution in [3.05, 3.63) is 46.4 Å². The number of morpholine rings is 1. The number of benzene rings is 1. The first-order chi connectivity index (χ1) is 13.2. The Kier molecular flexibility index (Phi) is 5.77. The van der Waals surface area contributed by atoms with E-state index < -0.39 is 0 Å². The van der Waals surface area contributed by atoms with E-state index in [0.717, 1.165) is 44.0 Å². The van der Waals surface area contributed by atoms with Crippen LogP contribution >= 0.6 is 22.7 Å². The summed E-state index contributed by atoms with van der Waals surface area (Å²) in [4.78, 5) is 22.4. The van der Waals surface area contributed by atoms with E-state index in [2.05, 4.69) is 9.88 Å². The average molecular weight is 406 g/mol. The SMILES string of the molecule is O=C(c1cccs1)N(CCCN1CCOCC1)c1nc2ccc(F)cc2s1. The lowest BCUT2D eigenvalue weighted by Gasteiger charge is -2.27. The summed E-state index contributed by atoms with van der Waals surface area (Å²) in [5.74, 6) is -0.340. The molecular weight excluding hydrogens is 385 g/mol. The molecule has 8 heteroatoms. The third kappa shape index (κ3) is 4.35. The number of thiazole rings is 1. The second-order valence-electron chi connectivity index (χ2n) is 6.35. The molecule has 3 aromatic rings. The fourth-order valence-corrected chi connectivity index (χ4v) is 4.78. The predicted octanol–water partition coefficient (Wildman–Crippen LogP) is 3.87. The van der Waals surface area contributed by atoms with Crippen molar-refractivity contribution < 1.29 is 13.9 Å². The molecule has 0 spiro atoms. The number of fused-ring (bicyclic) bond motifs is 1. The van der Waals surface area contributed by atoms with Gasteiger partial charge in [-0.1, -0.05) is 17.4 Å². The van der Waals surface area contributed by atoms with Crippen molar-refractivity contribution in [3.8, 4) is 0 Å². The van der Waals surface area contributed by atoms with Crippen LogP contribution < -0.4 is 4.90 Å². The molecule has 0 bridgehead atoms. The molecule has 1 amide bonds. The molecule has 1 saturated heterocycles. The highest BCUT2D eigenvalue weighted by Crippen LogP contribution is 2.31. The van der Waals surface area contributed by atoms with Crippen LogP contribution in [0.2, 0.25) is 0 Å². The van der Waals surface area contributed by atoms with Gasteiger partial charge >= 0.3 is 0 Å². The van der Waals surface area contributed by atoms with Gasteiger partial charge in [-0.25, -0.2) is 9.37 Å². The Balaban J connectivity index is 1.53. The van der Waals surface area contributed by atoms with Gasteiger partial charge in [-0.2, -0.15) is 0 Å². The Labute approximate surface area is 165 Å². The zero-order valence-electron chi connectivity index (χ0n) is 14.8. The number of halogens is 1. The van der Waals surface area contributed by atoms with E-state index in [1.54, 1.807) is 11.0 Å². The van der Waals surface area contributed by atoms with Crippen molar-refractivity contribution in [3.63, 3.8) is 0 Å². The molecule has 1 aromatic carbocycles. The van der Waals surface area contributed by atoms with E-state index >= 15 is 0 Å². The van der Waals surface area contributed by atoms with Gasteiger partial charge in [-0.15, -0.1) is 11.3 Å². The highest BCUT2D eigenvalue weighted by atomic mass is 32.1. The molecule has 2 aromatic heterocycles. The zero-order valence-corrected chi connectivity index (χ0v) is 16.4. The van der Waals surface area contributed by atoms with Crippen molar-refractivity contribution in [2.45, 2.75) is 6.42 Å². The molecule has 0 saturated carbocycles. The predicted molar refractivity (Wildman–Crippen MR) is 107 cm³/mol. The van der Waals surface area contributed by atoms with E-state index in [4.69, 9.17) is 4.74 Å². The molecule has 0 atom stereocenters. The molecule has 142 valence electrons. The number of hydrogen-bond acceptors (Lipinski definition) is 6. The minimum absolute atomic E-state index is 0.0495. The van der Waals surface area contributed by atoms with Gasteiger partial charge in [0.1, 0.15) is 5.82 Å². The number of ether oxygens (including phenoxy) is 1. The van der Waals surface area contributed by atoms with Crippen molar-refractivity contribution in [1.29, 1.82) is 0 Å². The fraction of sp³-hybridized carbons (Fsp3) is 0.368. The van der Waals surface area contributed by atoms with Crippen LogP contribution in [0.5, 0.6) is 0 Å². The summed E-state index contributed by atoms with van der Waals surface area (Å²) in [6, 6.07) is 8.23. The molecule has 4 rings (SSSR count). The summed E-state index contributed by atoms with van der Waals surface area (Å²) in [7, 11) is 0. The van der Waals surface area contributed by atoms with Gasteiger partial charge in [0.05, 0.1) is 28.3 Å². The van der Waals surface area contributed by atoms with E-state index in [9.17, 15) is 9.18 Å². The van der Waals surface area contributed by atoms with Gasteiger partial charge in [0.15, 0.2) is 5.13 Å². The van der Waals surface area contributed by atoms with Gasteiger partial charge in [-0.3, -0.25) is 14.6 Å². The summed E-state index contributed by atoms with van der Waals surface area (Å²) < 4.78 is 19.7. The summed E-state index contributed by atoms with van der Waals surface area (Å²) in [6.45, 7) is 4.88. The minimum atomic E-state index is -0.291. The van der Waals surface area contributed by atoms with E-state index in [0.29, 0.717) is 22.1 Å². The van der Waals surface area contributed by atoms with Crippen LogP contribution in [0.1, 0.15) is 16.1 Å². The number of thiophene rings is 1. The number of nitrogens with zero attached hydrogens (tertiary/aromatic N) is 3. The Bertz CT molecular complexity index is 907. The maximum absolute atomic E-state index is 13.5. The number of hydrogen-bond donors (Lipinski definition) is 0. The van der Waals surface area contributed by atoms with Crippen molar-refractivity contribution in [2.75, 3.05) is 44.3 Å². The third-order valence-corrected chi connectivity index (χ3v) is 6.41. The van der Waals surface area contributed by atoms with Gasteiger partial charge in [0.2, 0.25) is 0 Å². The second-order valence-corrected chi connectivity index (χ2v) is 8.31. The van der Waals surface area contributed by atoms with E-state index in [1.165, 1.54) is 34.8 Å². The highest BCUT2D eigenvalue weighted by molar-refractivity contribution is 7.22. The molecule has 1 fully saturated rings. The standard InChI is InChI=1S/C19H20FN3O2S2/c20-14-4-5-15-17(13-14)27-19(21-15)23(18(24)16-3-1-12-26-16)7-2-6-22-8-10-25-11-9-22/h1,3-5,12-13H,2,6-11H2. The molecule has 0 aliphatic carbocycles. The fourth-order valence-electron chi connectivity index (χ4n) is 3.10. The Morgan fingerprint density at radius 2 is 2.15 bits per heavy atom. The largest absolute Gasteiger partial charge is 0.379 e. The lowest BCUT2D eigenvalue weighted by atomic mass is 10.3. The average Bonchev–Trinajstić information content (AvgIpc) is 3.35. The van der Waals surface area contributed by atoms with E-state index in [1.807, 2.05) is 17.5 Å². The summed E-state index contributed by atoms with van der Waals surface area (Å²) in [6.07, 6.45) is 0.849. The monoisotopic (exact) mass is 405 g/mol. The molecule has 1 aliphatic heterocycles. The molecule has 3 heterocycles. The minimum Gasteiger partial charge on any atom is -0.379 e. The molecule has 0 radical (unpaired) electrons. The lowest BCUT2D eigenvalue weighted by Crippen LogP contribution is -2.39. The Morgan fingerprint density at radius 1 is 1.30 bits per heavy atom. The number of aromatic nitrogens is 1. The third-order valence-electron chi connectivity index (χ3n) is 4.51. The van der Waals surface area contributed by atoms with Crippen LogP contribution in [0.15, 0.2) is 35.7 Å². The highest BCUT2D eigenvalue weighted by Gasteiger charge is 2.22. The van der Waals surface area contributed by atoms with Crippen molar-refractivity contribution >= 4 is 43.9 Å². The number of carbonyl (C=O) groups excluding carboxylic acids is 1. The first kappa shape index (κ1) is 18.5. The van der Waals surface area contributed by atoms with Gasteiger partial charge < -0.3 is 4.74 Å². The van der Waals surface area contributed by atoms with E-state index in [-0.39, 0.29) is 11.7 Å². The molecule has 0 N–H and O–H groups in total.